The van der Waals surface area contributed by atoms with Crippen LogP contribution >= 0.6 is 0 Å². The highest BCUT2D eigenvalue weighted by atomic mass is 16.5. The van der Waals surface area contributed by atoms with Gasteiger partial charge in [-0.1, -0.05) is 12.1 Å². The lowest BCUT2D eigenvalue weighted by molar-refractivity contribution is 0.0938. The van der Waals surface area contributed by atoms with Crippen LogP contribution in [0.2, 0.25) is 0 Å². The summed E-state index contributed by atoms with van der Waals surface area (Å²) in [5.41, 5.74) is 7.52. The first-order chi connectivity index (χ1) is 9.19. The van der Waals surface area contributed by atoms with Crippen LogP contribution in [0.3, 0.4) is 0 Å². The van der Waals surface area contributed by atoms with Crippen molar-refractivity contribution in [3.8, 4) is 0 Å². The maximum atomic E-state index is 12.1. The van der Waals surface area contributed by atoms with Crippen molar-refractivity contribution in [2.45, 2.75) is 25.8 Å². The van der Waals surface area contributed by atoms with Crippen molar-refractivity contribution in [1.29, 1.82) is 0 Å². The molecule has 0 heterocycles. The highest BCUT2D eigenvalue weighted by Crippen LogP contribution is 2.48. The first-order valence-electron chi connectivity index (χ1n) is 6.75. The summed E-state index contributed by atoms with van der Waals surface area (Å²) in [5.74, 6) is -0.0148. The minimum atomic E-state index is -0.0148. The second kappa shape index (κ2) is 6.17. The molecule has 1 aliphatic carbocycles. The molecule has 1 aromatic carbocycles. The van der Waals surface area contributed by atoms with Crippen LogP contribution < -0.4 is 11.1 Å². The van der Waals surface area contributed by atoms with Gasteiger partial charge in [0.05, 0.1) is 0 Å². The SMILES string of the molecule is COCCC1(CNC(=O)c2cccc(CN)c2)CC1. The van der Waals surface area contributed by atoms with Gasteiger partial charge in [-0.3, -0.25) is 4.79 Å². The van der Waals surface area contributed by atoms with Crippen molar-refractivity contribution in [2.24, 2.45) is 11.1 Å². The fourth-order valence-corrected chi connectivity index (χ4v) is 2.22. The second-order valence-electron chi connectivity index (χ2n) is 5.33. The van der Waals surface area contributed by atoms with Gasteiger partial charge < -0.3 is 15.8 Å². The number of ether oxygens (including phenoxy) is 1. The quantitative estimate of drug-likeness (QED) is 0.786. The Morgan fingerprint density at radius 2 is 2.26 bits per heavy atom. The van der Waals surface area contributed by atoms with E-state index in [0.29, 0.717) is 12.1 Å². The van der Waals surface area contributed by atoms with Crippen molar-refractivity contribution in [3.63, 3.8) is 0 Å². The number of hydrogen-bond donors (Lipinski definition) is 2. The van der Waals surface area contributed by atoms with E-state index < -0.39 is 0 Å². The second-order valence-corrected chi connectivity index (χ2v) is 5.33. The molecule has 1 aliphatic rings. The summed E-state index contributed by atoms with van der Waals surface area (Å²) in [4.78, 5) is 12.1. The molecular weight excluding hydrogens is 240 g/mol. The van der Waals surface area contributed by atoms with E-state index in [0.717, 1.165) is 25.1 Å². The van der Waals surface area contributed by atoms with Gasteiger partial charge in [0.1, 0.15) is 0 Å². The van der Waals surface area contributed by atoms with Gasteiger partial charge >= 0.3 is 0 Å². The van der Waals surface area contributed by atoms with Gasteiger partial charge in [0, 0.05) is 32.4 Å². The van der Waals surface area contributed by atoms with E-state index in [1.807, 2.05) is 24.3 Å². The summed E-state index contributed by atoms with van der Waals surface area (Å²) < 4.78 is 5.11. The molecule has 1 fully saturated rings. The van der Waals surface area contributed by atoms with E-state index in [9.17, 15) is 4.79 Å². The molecular formula is C15H22N2O2. The third kappa shape index (κ3) is 3.78. The summed E-state index contributed by atoms with van der Waals surface area (Å²) >= 11 is 0. The van der Waals surface area contributed by atoms with Gasteiger partial charge in [0.15, 0.2) is 0 Å². The standard InChI is InChI=1S/C15H22N2O2/c1-19-8-7-15(5-6-15)11-17-14(18)13-4-2-3-12(9-13)10-16/h2-4,9H,5-8,10-11,16H2,1H3,(H,17,18). The normalized spacial score (nSPS) is 16.1. The van der Waals surface area contributed by atoms with Crippen LogP contribution in [0.25, 0.3) is 0 Å². The van der Waals surface area contributed by atoms with E-state index in [1.165, 1.54) is 12.8 Å². The highest BCUT2D eigenvalue weighted by Gasteiger charge is 2.42. The van der Waals surface area contributed by atoms with Crippen molar-refractivity contribution in [3.05, 3.63) is 35.4 Å². The zero-order valence-corrected chi connectivity index (χ0v) is 11.4. The molecule has 1 aromatic rings. The van der Waals surface area contributed by atoms with Gasteiger partial charge in [-0.05, 0) is 42.4 Å². The molecule has 3 N–H and O–H groups in total. The van der Waals surface area contributed by atoms with Gasteiger partial charge in [-0.15, -0.1) is 0 Å². The molecule has 0 aliphatic heterocycles. The fourth-order valence-electron chi connectivity index (χ4n) is 2.22. The van der Waals surface area contributed by atoms with Crippen LogP contribution in [0.4, 0.5) is 0 Å². The molecule has 0 aromatic heterocycles. The Bertz CT molecular complexity index is 442. The Balaban J connectivity index is 1.87. The molecule has 1 saturated carbocycles. The predicted octanol–water partition coefficient (Wildman–Crippen LogP) is 1.69. The van der Waals surface area contributed by atoms with Crippen LogP contribution in [0.5, 0.6) is 0 Å². The largest absolute Gasteiger partial charge is 0.385 e. The number of rotatable bonds is 7. The Hall–Kier alpha value is -1.39. The molecule has 0 atom stereocenters. The maximum Gasteiger partial charge on any atom is 0.251 e. The van der Waals surface area contributed by atoms with E-state index >= 15 is 0 Å². The number of carbonyl (C=O) groups is 1. The summed E-state index contributed by atoms with van der Waals surface area (Å²) in [6.45, 7) is 1.96. The Morgan fingerprint density at radius 1 is 1.47 bits per heavy atom. The van der Waals surface area contributed by atoms with Crippen molar-refractivity contribution in [2.75, 3.05) is 20.3 Å². The molecule has 0 saturated heterocycles. The van der Waals surface area contributed by atoms with E-state index in [1.54, 1.807) is 7.11 Å². The Labute approximate surface area is 114 Å². The molecule has 2 rings (SSSR count). The number of benzene rings is 1. The van der Waals surface area contributed by atoms with Crippen molar-refractivity contribution >= 4 is 5.91 Å². The number of nitrogens with one attached hydrogen (secondary N) is 1. The molecule has 0 bridgehead atoms. The van der Waals surface area contributed by atoms with Gasteiger partial charge in [0.2, 0.25) is 0 Å². The number of hydrogen-bond acceptors (Lipinski definition) is 3. The highest BCUT2D eigenvalue weighted by molar-refractivity contribution is 5.94. The summed E-state index contributed by atoms with van der Waals surface area (Å²) in [5, 5.41) is 3.03. The minimum absolute atomic E-state index is 0.0148. The zero-order chi connectivity index (χ0) is 13.7. The lowest BCUT2D eigenvalue weighted by Gasteiger charge is -2.15. The van der Waals surface area contributed by atoms with Crippen molar-refractivity contribution in [1.82, 2.24) is 5.32 Å². The average molecular weight is 262 g/mol. The van der Waals surface area contributed by atoms with Gasteiger partial charge in [-0.2, -0.15) is 0 Å². The van der Waals surface area contributed by atoms with E-state index in [-0.39, 0.29) is 11.3 Å². The van der Waals surface area contributed by atoms with E-state index in [4.69, 9.17) is 10.5 Å². The third-order valence-electron chi connectivity index (χ3n) is 3.84. The fraction of sp³-hybridized carbons (Fsp3) is 0.533. The smallest absolute Gasteiger partial charge is 0.251 e. The zero-order valence-electron chi connectivity index (χ0n) is 11.4. The first-order valence-corrected chi connectivity index (χ1v) is 6.75. The summed E-state index contributed by atoms with van der Waals surface area (Å²) in [6.07, 6.45) is 3.38. The van der Waals surface area contributed by atoms with Crippen molar-refractivity contribution < 1.29 is 9.53 Å². The third-order valence-corrected chi connectivity index (χ3v) is 3.84. The lowest BCUT2D eigenvalue weighted by atomic mass is 10.0. The monoisotopic (exact) mass is 262 g/mol. The molecule has 1 amide bonds. The minimum Gasteiger partial charge on any atom is -0.385 e. The number of carbonyl (C=O) groups excluding carboxylic acids is 1. The molecule has 19 heavy (non-hydrogen) atoms. The molecule has 0 spiro atoms. The topological polar surface area (TPSA) is 64.3 Å². The van der Waals surface area contributed by atoms with Crippen LogP contribution in [-0.4, -0.2) is 26.2 Å². The lowest BCUT2D eigenvalue weighted by Crippen LogP contribution is -2.30. The van der Waals surface area contributed by atoms with Crippen LogP contribution in [-0.2, 0) is 11.3 Å². The molecule has 4 nitrogen and oxygen atoms in total. The maximum absolute atomic E-state index is 12.1. The molecule has 4 heteroatoms. The molecule has 104 valence electrons. The average Bonchev–Trinajstić information content (AvgIpc) is 3.23. The molecule has 0 unspecified atom stereocenters. The Kier molecular flexibility index (Phi) is 4.56. The summed E-state index contributed by atoms with van der Waals surface area (Å²) in [7, 11) is 1.72. The van der Waals surface area contributed by atoms with Gasteiger partial charge in [-0.25, -0.2) is 0 Å². The number of nitrogens with two attached hydrogens (primary N) is 1. The number of methoxy groups -OCH3 is 1. The number of amides is 1. The summed E-state index contributed by atoms with van der Waals surface area (Å²) in [6, 6.07) is 7.47. The van der Waals surface area contributed by atoms with Crippen LogP contribution in [0, 0.1) is 5.41 Å². The molecule has 0 radical (unpaired) electrons. The van der Waals surface area contributed by atoms with Crippen LogP contribution in [0.15, 0.2) is 24.3 Å². The predicted molar refractivity (Wildman–Crippen MR) is 74.8 cm³/mol. The van der Waals surface area contributed by atoms with Gasteiger partial charge in [0.25, 0.3) is 5.91 Å². The van der Waals surface area contributed by atoms with Crippen LogP contribution in [0.1, 0.15) is 35.2 Å². The first kappa shape index (κ1) is 14.0. The Morgan fingerprint density at radius 3 is 2.89 bits per heavy atom. The van der Waals surface area contributed by atoms with E-state index in [2.05, 4.69) is 5.32 Å².